The van der Waals surface area contributed by atoms with Crippen molar-refractivity contribution in [2.45, 2.75) is 57.2 Å². The largest absolute Gasteiger partial charge is 0.490 e. The quantitative estimate of drug-likeness (QED) is 0.800. The molecular formula is C24H30N2O2. The zero-order valence-corrected chi connectivity index (χ0v) is 16.6. The Morgan fingerprint density at radius 2 is 1.68 bits per heavy atom. The molecule has 1 atom stereocenters. The van der Waals surface area contributed by atoms with Gasteiger partial charge in [0.1, 0.15) is 5.75 Å². The Labute approximate surface area is 167 Å². The molecule has 1 amide bonds. The maximum Gasteiger partial charge on any atom is 0.255 e. The molecule has 4 rings (SSSR count). The van der Waals surface area contributed by atoms with Crippen molar-refractivity contribution in [3.05, 3.63) is 65.7 Å². The van der Waals surface area contributed by atoms with Gasteiger partial charge >= 0.3 is 0 Å². The van der Waals surface area contributed by atoms with Crippen LogP contribution in [0.2, 0.25) is 0 Å². The Morgan fingerprint density at radius 3 is 2.36 bits per heavy atom. The Morgan fingerprint density at radius 1 is 1.00 bits per heavy atom. The molecule has 4 heteroatoms. The fourth-order valence-corrected chi connectivity index (χ4v) is 4.06. The topological polar surface area (TPSA) is 41.6 Å². The number of para-hydroxylation sites is 1. The molecule has 2 aliphatic rings. The van der Waals surface area contributed by atoms with Gasteiger partial charge in [-0.25, -0.2) is 0 Å². The van der Waals surface area contributed by atoms with Crippen molar-refractivity contribution in [1.82, 2.24) is 10.2 Å². The molecule has 2 aromatic carbocycles. The van der Waals surface area contributed by atoms with Crippen molar-refractivity contribution >= 4 is 5.91 Å². The van der Waals surface area contributed by atoms with Crippen molar-refractivity contribution < 1.29 is 9.53 Å². The van der Waals surface area contributed by atoms with Gasteiger partial charge in [-0.3, -0.25) is 9.69 Å². The highest BCUT2D eigenvalue weighted by molar-refractivity contribution is 5.97. The average molecular weight is 379 g/mol. The molecule has 1 N–H and O–H groups in total. The summed E-state index contributed by atoms with van der Waals surface area (Å²) in [6, 6.07) is 18.9. The van der Waals surface area contributed by atoms with Gasteiger partial charge < -0.3 is 10.1 Å². The highest BCUT2D eigenvalue weighted by atomic mass is 16.5. The van der Waals surface area contributed by atoms with E-state index in [4.69, 9.17) is 4.74 Å². The molecule has 1 heterocycles. The normalized spacial score (nSPS) is 19.6. The fraction of sp³-hybridized carbons (Fsp3) is 0.458. The Kier molecular flexibility index (Phi) is 5.96. The van der Waals surface area contributed by atoms with Crippen LogP contribution in [-0.4, -0.2) is 36.0 Å². The molecular weight excluding hydrogens is 348 g/mol. The summed E-state index contributed by atoms with van der Waals surface area (Å²) in [5.74, 6) is 0.712. The summed E-state index contributed by atoms with van der Waals surface area (Å²) >= 11 is 0. The van der Waals surface area contributed by atoms with Crippen molar-refractivity contribution in [2.75, 3.05) is 13.1 Å². The van der Waals surface area contributed by atoms with Gasteiger partial charge in [-0.1, -0.05) is 42.5 Å². The van der Waals surface area contributed by atoms with Gasteiger partial charge in [0.25, 0.3) is 5.91 Å². The van der Waals surface area contributed by atoms with Gasteiger partial charge in [0.2, 0.25) is 0 Å². The Hall–Kier alpha value is -2.33. The molecule has 2 fully saturated rings. The second kappa shape index (κ2) is 8.78. The third-order valence-electron chi connectivity index (χ3n) is 6.17. The van der Waals surface area contributed by atoms with Gasteiger partial charge in [-0.05, 0) is 56.7 Å². The van der Waals surface area contributed by atoms with Crippen LogP contribution in [0.4, 0.5) is 0 Å². The molecule has 148 valence electrons. The summed E-state index contributed by atoms with van der Waals surface area (Å²) in [6.45, 7) is 4.27. The number of nitrogens with zero attached hydrogens (tertiary/aromatic N) is 1. The van der Waals surface area contributed by atoms with Crippen LogP contribution in [0.15, 0.2) is 54.6 Å². The first-order valence-electron chi connectivity index (χ1n) is 10.6. The van der Waals surface area contributed by atoms with Crippen molar-refractivity contribution in [3.63, 3.8) is 0 Å². The van der Waals surface area contributed by atoms with Crippen LogP contribution in [0.1, 0.15) is 61.0 Å². The van der Waals surface area contributed by atoms with E-state index in [1.807, 2.05) is 24.3 Å². The standard InChI is InChI=1S/C24H30N2O2/c1-18(19-8-3-2-4-9-19)26-16-14-20(15-17-26)25-24(27)22-12-5-6-13-23(22)28-21-10-7-11-21/h2-6,8-9,12-13,18,20-21H,7,10-11,14-17H2,1H3,(H,25,27). The number of carbonyl (C=O) groups is 1. The Bertz CT molecular complexity index is 780. The van der Waals surface area contributed by atoms with Crippen molar-refractivity contribution in [1.29, 1.82) is 0 Å². The molecule has 1 aliphatic heterocycles. The molecule has 2 aromatic rings. The van der Waals surface area contributed by atoms with E-state index in [0.717, 1.165) is 44.5 Å². The minimum atomic E-state index is -0.00974. The third kappa shape index (κ3) is 4.39. The molecule has 0 bridgehead atoms. The molecule has 1 saturated heterocycles. The second-order valence-electron chi connectivity index (χ2n) is 8.04. The van der Waals surface area contributed by atoms with Crippen LogP contribution < -0.4 is 10.1 Å². The molecule has 0 spiro atoms. The lowest BCUT2D eigenvalue weighted by Gasteiger charge is -2.36. The number of benzene rings is 2. The molecule has 1 aliphatic carbocycles. The van der Waals surface area contributed by atoms with Gasteiger partial charge in [0.15, 0.2) is 0 Å². The number of ether oxygens (including phenoxy) is 1. The third-order valence-corrected chi connectivity index (χ3v) is 6.17. The summed E-state index contributed by atoms with van der Waals surface area (Å²) in [6.07, 6.45) is 5.64. The van der Waals surface area contributed by atoms with Gasteiger partial charge in [0.05, 0.1) is 11.7 Å². The first-order valence-corrected chi connectivity index (χ1v) is 10.6. The van der Waals surface area contributed by atoms with E-state index in [2.05, 4.69) is 47.5 Å². The van der Waals surface area contributed by atoms with Crippen LogP contribution in [0, 0.1) is 0 Å². The maximum atomic E-state index is 12.9. The SMILES string of the molecule is CC(c1ccccc1)N1CCC(NC(=O)c2ccccc2OC2CCC2)CC1. The van der Waals surface area contributed by atoms with Crippen LogP contribution in [0.25, 0.3) is 0 Å². The van der Waals surface area contributed by atoms with E-state index in [0.29, 0.717) is 11.6 Å². The molecule has 0 radical (unpaired) electrons. The van der Waals surface area contributed by atoms with Crippen LogP contribution in [0.3, 0.4) is 0 Å². The van der Waals surface area contributed by atoms with Crippen LogP contribution >= 0.6 is 0 Å². The number of likely N-dealkylation sites (tertiary alicyclic amines) is 1. The minimum absolute atomic E-state index is 0.00974. The number of hydrogen-bond donors (Lipinski definition) is 1. The first kappa shape index (κ1) is 19.0. The molecule has 1 saturated carbocycles. The monoisotopic (exact) mass is 378 g/mol. The average Bonchev–Trinajstić information content (AvgIpc) is 2.71. The zero-order chi connectivity index (χ0) is 19.3. The maximum absolute atomic E-state index is 12.9. The molecule has 28 heavy (non-hydrogen) atoms. The van der Waals surface area contributed by atoms with E-state index in [9.17, 15) is 4.79 Å². The van der Waals surface area contributed by atoms with Crippen LogP contribution in [0.5, 0.6) is 5.75 Å². The number of amides is 1. The Balaban J connectivity index is 1.32. The van der Waals surface area contributed by atoms with E-state index in [1.54, 1.807) is 0 Å². The fourth-order valence-electron chi connectivity index (χ4n) is 4.06. The summed E-state index contributed by atoms with van der Waals surface area (Å²) in [5.41, 5.74) is 2.02. The van der Waals surface area contributed by atoms with Gasteiger partial charge in [0, 0.05) is 25.2 Å². The predicted octanol–water partition coefficient (Wildman–Crippen LogP) is 4.57. The lowest BCUT2D eigenvalue weighted by Crippen LogP contribution is -2.45. The van der Waals surface area contributed by atoms with E-state index in [1.165, 1.54) is 12.0 Å². The lowest BCUT2D eigenvalue weighted by molar-refractivity contribution is 0.0875. The zero-order valence-electron chi connectivity index (χ0n) is 16.6. The summed E-state index contributed by atoms with van der Waals surface area (Å²) in [7, 11) is 0. The first-order chi connectivity index (χ1) is 13.7. The molecule has 1 unspecified atom stereocenters. The van der Waals surface area contributed by atoms with Crippen LogP contribution in [-0.2, 0) is 0 Å². The predicted molar refractivity (Wildman–Crippen MR) is 112 cm³/mol. The number of nitrogens with one attached hydrogen (secondary N) is 1. The van der Waals surface area contributed by atoms with Crippen molar-refractivity contribution in [3.8, 4) is 5.75 Å². The summed E-state index contributed by atoms with van der Waals surface area (Å²) in [4.78, 5) is 15.4. The lowest BCUT2D eigenvalue weighted by atomic mass is 9.96. The summed E-state index contributed by atoms with van der Waals surface area (Å²) < 4.78 is 6.02. The van der Waals surface area contributed by atoms with E-state index < -0.39 is 0 Å². The number of carbonyl (C=O) groups excluding carboxylic acids is 1. The van der Waals surface area contributed by atoms with E-state index in [-0.39, 0.29) is 18.1 Å². The minimum Gasteiger partial charge on any atom is -0.490 e. The number of rotatable bonds is 6. The number of hydrogen-bond acceptors (Lipinski definition) is 3. The summed E-state index contributed by atoms with van der Waals surface area (Å²) in [5, 5.41) is 3.24. The highest BCUT2D eigenvalue weighted by Gasteiger charge is 2.26. The molecule has 0 aromatic heterocycles. The highest BCUT2D eigenvalue weighted by Crippen LogP contribution is 2.28. The molecule has 4 nitrogen and oxygen atoms in total. The number of piperidine rings is 1. The second-order valence-corrected chi connectivity index (χ2v) is 8.04. The van der Waals surface area contributed by atoms with Gasteiger partial charge in [-0.2, -0.15) is 0 Å². The van der Waals surface area contributed by atoms with E-state index >= 15 is 0 Å². The smallest absolute Gasteiger partial charge is 0.255 e. The van der Waals surface area contributed by atoms with Crippen molar-refractivity contribution in [2.24, 2.45) is 0 Å². The van der Waals surface area contributed by atoms with Gasteiger partial charge in [-0.15, -0.1) is 0 Å².